The van der Waals surface area contributed by atoms with Gasteiger partial charge in [-0.05, 0) is 19.1 Å². The van der Waals surface area contributed by atoms with E-state index in [0.717, 1.165) is 4.21 Å². The Hall–Kier alpha value is -1.86. The number of ketones is 1. The van der Waals surface area contributed by atoms with Gasteiger partial charge in [0, 0.05) is 11.3 Å². The first kappa shape index (κ1) is 14.5. The third kappa shape index (κ3) is 4.07. The van der Waals surface area contributed by atoms with Gasteiger partial charge in [0.15, 0.2) is 10.9 Å². The molecule has 0 aliphatic rings. The molecule has 0 aliphatic carbocycles. The molecule has 5 nitrogen and oxygen atoms in total. The molecule has 20 heavy (non-hydrogen) atoms. The van der Waals surface area contributed by atoms with Gasteiger partial charge in [-0.3, -0.25) is 9.59 Å². The van der Waals surface area contributed by atoms with Crippen LogP contribution in [0.2, 0.25) is 0 Å². The zero-order chi connectivity index (χ0) is 14.5. The lowest BCUT2D eigenvalue weighted by Crippen LogP contribution is -2.14. The molecule has 0 unspecified atom stereocenters. The number of carbonyl (C=O) groups excluding carboxylic acids is 2. The molecule has 1 amide bonds. The van der Waals surface area contributed by atoms with Gasteiger partial charge in [-0.1, -0.05) is 23.5 Å². The van der Waals surface area contributed by atoms with E-state index >= 15 is 0 Å². The number of benzene rings is 1. The molecule has 1 aromatic carbocycles. The van der Waals surface area contributed by atoms with Crippen molar-refractivity contribution in [1.82, 2.24) is 4.98 Å². The zero-order valence-electron chi connectivity index (χ0n) is 10.8. The summed E-state index contributed by atoms with van der Waals surface area (Å²) in [6.45, 7) is 1.49. The fraction of sp³-hybridized carbons (Fsp3) is 0.154. The lowest BCUT2D eigenvalue weighted by atomic mass is 10.1. The first-order valence-electron chi connectivity index (χ1n) is 5.79. The molecule has 0 atom stereocenters. The molecular formula is C13H13N3O2S2. The molecule has 0 spiro atoms. The maximum Gasteiger partial charge on any atom is 0.234 e. The maximum atomic E-state index is 11.8. The summed E-state index contributed by atoms with van der Waals surface area (Å²) in [6.07, 6.45) is 1.65. The molecule has 7 heteroatoms. The van der Waals surface area contributed by atoms with Crippen molar-refractivity contribution in [2.45, 2.75) is 11.1 Å². The molecule has 1 aromatic heterocycles. The minimum atomic E-state index is -0.136. The first-order chi connectivity index (χ1) is 9.54. The molecule has 0 saturated carbocycles. The van der Waals surface area contributed by atoms with Gasteiger partial charge >= 0.3 is 0 Å². The molecule has 2 rings (SSSR count). The summed E-state index contributed by atoms with van der Waals surface area (Å²) in [6, 6.07) is 6.87. The molecule has 0 aliphatic heterocycles. The number of rotatable bonds is 5. The number of aromatic nitrogens is 1. The highest BCUT2D eigenvalue weighted by atomic mass is 32.2. The number of nitrogens with zero attached hydrogens (tertiary/aromatic N) is 1. The Morgan fingerprint density at radius 1 is 1.45 bits per heavy atom. The molecule has 3 N–H and O–H groups in total. The van der Waals surface area contributed by atoms with E-state index in [1.807, 2.05) is 0 Å². The molecular weight excluding hydrogens is 294 g/mol. The highest BCUT2D eigenvalue weighted by molar-refractivity contribution is 8.01. The Kier molecular flexibility index (Phi) is 4.75. The van der Waals surface area contributed by atoms with E-state index in [9.17, 15) is 9.59 Å². The number of amides is 1. The van der Waals surface area contributed by atoms with E-state index in [1.54, 1.807) is 30.5 Å². The monoisotopic (exact) mass is 307 g/mol. The van der Waals surface area contributed by atoms with Crippen LogP contribution in [0.4, 0.5) is 10.8 Å². The van der Waals surface area contributed by atoms with Crippen LogP contribution >= 0.6 is 23.1 Å². The van der Waals surface area contributed by atoms with Gasteiger partial charge in [-0.25, -0.2) is 4.98 Å². The van der Waals surface area contributed by atoms with Crippen LogP contribution < -0.4 is 11.1 Å². The van der Waals surface area contributed by atoms with E-state index in [0.29, 0.717) is 16.4 Å². The van der Waals surface area contributed by atoms with E-state index in [2.05, 4.69) is 10.3 Å². The van der Waals surface area contributed by atoms with Crippen molar-refractivity contribution in [1.29, 1.82) is 0 Å². The van der Waals surface area contributed by atoms with Gasteiger partial charge in [0.1, 0.15) is 0 Å². The van der Waals surface area contributed by atoms with E-state index in [-0.39, 0.29) is 17.4 Å². The molecule has 0 saturated heterocycles. The lowest BCUT2D eigenvalue weighted by molar-refractivity contribution is -0.113. The van der Waals surface area contributed by atoms with Crippen molar-refractivity contribution in [3.63, 3.8) is 0 Å². The number of thiazole rings is 1. The largest absolute Gasteiger partial charge is 0.375 e. The summed E-state index contributed by atoms with van der Waals surface area (Å²) < 4.78 is 0.898. The zero-order valence-corrected chi connectivity index (χ0v) is 12.4. The molecule has 0 radical (unpaired) electrons. The van der Waals surface area contributed by atoms with Crippen molar-refractivity contribution in [2.24, 2.45) is 0 Å². The number of hydrogen-bond donors (Lipinski definition) is 2. The van der Waals surface area contributed by atoms with Gasteiger partial charge in [0.05, 0.1) is 16.2 Å². The predicted molar refractivity (Wildman–Crippen MR) is 82.3 cm³/mol. The van der Waals surface area contributed by atoms with Crippen LogP contribution in [-0.4, -0.2) is 22.4 Å². The third-order valence-electron chi connectivity index (χ3n) is 2.40. The number of thioether (sulfide) groups is 1. The molecule has 104 valence electrons. The van der Waals surface area contributed by atoms with Gasteiger partial charge in [0.2, 0.25) is 5.91 Å². The van der Waals surface area contributed by atoms with Crippen molar-refractivity contribution < 1.29 is 9.59 Å². The van der Waals surface area contributed by atoms with Crippen LogP contribution in [0.25, 0.3) is 0 Å². The topological polar surface area (TPSA) is 85.1 Å². The number of nitrogen functional groups attached to an aromatic ring is 1. The van der Waals surface area contributed by atoms with Crippen LogP contribution in [0, 0.1) is 0 Å². The molecule has 0 bridgehead atoms. The average molecular weight is 307 g/mol. The summed E-state index contributed by atoms with van der Waals surface area (Å²) in [7, 11) is 0. The van der Waals surface area contributed by atoms with Crippen LogP contribution in [0.5, 0.6) is 0 Å². The van der Waals surface area contributed by atoms with Crippen molar-refractivity contribution in [3.05, 3.63) is 36.0 Å². The Labute approximate surface area is 124 Å². The fourth-order valence-electron chi connectivity index (χ4n) is 1.49. The third-order valence-corrected chi connectivity index (χ3v) is 4.42. The van der Waals surface area contributed by atoms with Gasteiger partial charge in [-0.2, -0.15) is 0 Å². The van der Waals surface area contributed by atoms with Crippen LogP contribution in [0.3, 0.4) is 0 Å². The number of hydrogen-bond acceptors (Lipinski definition) is 6. The highest BCUT2D eigenvalue weighted by Gasteiger charge is 2.07. The average Bonchev–Trinajstić information content (AvgIpc) is 2.82. The smallest absolute Gasteiger partial charge is 0.234 e. The Morgan fingerprint density at radius 3 is 2.90 bits per heavy atom. The van der Waals surface area contributed by atoms with E-state index in [1.165, 1.54) is 30.0 Å². The standard InChI is InChI=1S/C13H13N3O2S2/c1-8(17)9-3-2-4-10(5-9)16-11(18)7-19-12-6-15-13(14)20-12/h2-6H,7H2,1H3,(H2,14,15)(H,16,18). The van der Waals surface area contributed by atoms with Gasteiger partial charge in [0.25, 0.3) is 0 Å². The minimum Gasteiger partial charge on any atom is -0.375 e. The second-order valence-electron chi connectivity index (χ2n) is 3.99. The normalized spacial score (nSPS) is 10.2. The van der Waals surface area contributed by atoms with E-state index in [4.69, 9.17) is 5.73 Å². The van der Waals surface area contributed by atoms with Crippen LogP contribution in [0.15, 0.2) is 34.7 Å². The van der Waals surface area contributed by atoms with Crippen molar-refractivity contribution >= 4 is 45.6 Å². The Morgan fingerprint density at radius 2 is 2.25 bits per heavy atom. The fourth-order valence-corrected chi connectivity index (χ4v) is 3.05. The Bertz CT molecular complexity index is 640. The van der Waals surface area contributed by atoms with Crippen molar-refractivity contribution in [2.75, 3.05) is 16.8 Å². The number of nitrogens with one attached hydrogen (secondary N) is 1. The highest BCUT2D eigenvalue weighted by Crippen LogP contribution is 2.26. The van der Waals surface area contributed by atoms with Crippen LogP contribution in [-0.2, 0) is 4.79 Å². The molecule has 1 heterocycles. The van der Waals surface area contributed by atoms with E-state index < -0.39 is 0 Å². The quantitative estimate of drug-likeness (QED) is 0.655. The number of anilines is 2. The summed E-state index contributed by atoms with van der Waals surface area (Å²) >= 11 is 2.72. The molecule has 2 aromatic rings. The van der Waals surface area contributed by atoms with Crippen molar-refractivity contribution in [3.8, 4) is 0 Å². The maximum absolute atomic E-state index is 11.8. The molecule has 0 fully saturated rings. The SMILES string of the molecule is CC(=O)c1cccc(NC(=O)CSc2cnc(N)s2)c1. The number of nitrogens with two attached hydrogens (primary N) is 1. The second-order valence-corrected chi connectivity index (χ2v) is 6.33. The van der Waals surface area contributed by atoms with Gasteiger partial charge < -0.3 is 11.1 Å². The number of carbonyl (C=O) groups is 2. The summed E-state index contributed by atoms with van der Waals surface area (Å²) in [4.78, 5) is 27.0. The number of Topliss-reactive ketones (excluding diaryl/α,β-unsaturated/α-hetero) is 1. The first-order valence-corrected chi connectivity index (χ1v) is 7.60. The summed E-state index contributed by atoms with van der Waals surface area (Å²) in [5, 5.41) is 3.24. The summed E-state index contributed by atoms with van der Waals surface area (Å²) in [5.74, 6) is 0.102. The minimum absolute atomic E-state index is 0.0318. The van der Waals surface area contributed by atoms with Gasteiger partial charge in [-0.15, -0.1) is 11.8 Å². The lowest BCUT2D eigenvalue weighted by Gasteiger charge is -2.05. The van der Waals surface area contributed by atoms with Crippen LogP contribution in [0.1, 0.15) is 17.3 Å². The predicted octanol–water partition coefficient (Wildman–Crippen LogP) is 2.66. The summed E-state index contributed by atoms with van der Waals surface area (Å²) in [5.41, 5.74) is 6.71. The second kappa shape index (κ2) is 6.53. The Balaban J connectivity index is 1.91.